The van der Waals surface area contributed by atoms with Crippen LogP contribution in [0.2, 0.25) is 0 Å². The van der Waals surface area contributed by atoms with Crippen molar-refractivity contribution in [3.63, 3.8) is 0 Å². The largest absolute Gasteiger partial charge is 0.446 e. The van der Waals surface area contributed by atoms with Gasteiger partial charge in [-0.1, -0.05) is 60.7 Å². The van der Waals surface area contributed by atoms with Crippen LogP contribution in [0.3, 0.4) is 0 Å². The first-order valence-electron chi connectivity index (χ1n) is 8.60. The molecule has 0 aliphatic carbocycles. The van der Waals surface area contributed by atoms with E-state index in [9.17, 15) is 9.59 Å². The summed E-state index contributed by atoms with van der Waals surface area (Å²) < 4.78 is 5.12. The Kier molecular flexibility index (Phi) is 4.85. The number of rotatable bonds is 4. The van der Waals surface area contributed by atoms with Gasteiger partial charge in [-0.2, -0.15) is 0 Å². The van der Waals surface area contributed by atoms with Crippen molar-refractivity contribution in [2.45, 2.75) is 6.04 Å². The molecule has 2 heterocycles. The lowest BCUT2D eigenvalue weighted by Gasteiger charge is -2.18. The minimum Gasteiger partial charge on any atom is -0.446 e. The molecule has 2 amide bonds. The van der Waals surface area contributed by atoms with Crippen molar-refractivity contribution >= 4 is 29.4 Å². The van der Waals surface area contributed by atoms with E-state index in [4.69, 9.17) is 4.74 Å². The number of ether oxygens (including phenoxy) is 1. The van der Waals surface area contributed by atoms with Gasteiger partial charge in [-0.15, -0.1) is 11.3 Å². The predicted molar refractivity (Wildman–Crippen MR) is 106 cm³/mol. The number of imide groups is 1. The third-order valence-corrected chi connectivity index (χ3v) is 5.35. The Balaban J connectivity index is 1.60. The lowest BCUT2D eigenvalue weighted by Crippen LogP contribution is -2.32. The van der Waals surface area contributed by atoms with Crippen LogP contribution < -0.4 is 0 Å². The van der Waals surface area contributed by atoms with E-state index in [0.717, 1.165) is 21.6 Å². The van der Waals surface area contributed by atoms with Crippen LogP contribution in [0.4, 0.5) is 4.79 Å². The van der Waals surface area contributed by atoms with Crippen LogP contribution in [0, 0.1) is 0 Å². The molecule has 2 aromatic carbocycles. The quantitative estimate of drug-likeness (QED) is 0.593. The fraction of sp³-hybridized carbons (Fsp3) is 0.0909. The molecule has 0 radical (unpaired) electrons. The maximum atomic E-state index is 12.8. The van der Waals surface area contributed by atoms with Crippen molar-refractivity contribution in [3.05, 3.63) is 89.3 Å². The van der Waals surface area contributed by atoms with Crippen molar-refractivity contribution < 1.29 is 14.3 Å². The maximum Gasteiger partial charge on any atom is 0.417 e. The normalized spacial score (nSPS) is 16.7. The monoisotopic (exact) mass is 375 g/mol. The Labute approximate surface area is 161 Å². The zero-order valence-corrected chi connectivity index (χ0v) is 15.3. The van der Waals surface area contributed by atoms with Gasteiger partial charge in [0, 0.05) is 11.0 Å². The fourth-order valence-electron chi connectivity index (χ4n) is 3.13. The van der Waals surface area contributed by atoms with Crippen molar-refractivity contribution in [2.24, 2.45) is 0 Å². The Bertz CT molecular complexity index is 980. The highest BCUT2D eigenvalue weighted by Gasteiger charge is 2.37. The SMILES string of the molecule is O=C(C=Cc1ccccc1-c1cccs1)N1C(=O)OCC1c1ccccc1. The lowest BCUT2D eigenvalue weighted by molar-refractivity contribution is -0.124. The number of hydrogen-bond acceptors (Lipinski definition) is 4. The van der Waals surface area contributed by atoms with E-state index in [2.05, 4.69) is 0 Å². The minimum atomic E-state index is -0.606. The summed E-state index contributed by atoms with van der Waals surface area (Å²) in [4.78, 5) is 27.2. The van der Waals surface area contributed by atoms with E-state index in [-0.39, 0.29) is 12.5 Å². The third kappa shape index (κ3) is 3.55. The first-order valence-corrected chi connectivity index (χ1v) is 9.48. The molecule has 5 heteroatoms. The molecule has 0 saturated carbocycles. The molecule has 27 heavy (non-hydrogen) atoms. The minimum absolute atomic E-state index is 0.175. The molecule has 0 bridgehead atoms. The Morgan fingerprint density at radius 3 is 2.59 bits per heavy atom. The van der Waals surface area contributed by atoms with Crippen LogP contribution in [0.5, 0.6) is 0 Å². The first kappa shape index (κ1) is 17.2. The van der Waals surface area contributed by atoms with E-state index in [1.165, 1.54) is 11.0 Å². The molecule has 1 aromatic heterocycles. The Morgan fingerprint density at radius 2 is 1.81 bits per heavy atom. The second kappa shape index (κ2) is 7.60. The molecule has 1 fully saturated rings. The zero-order valence-electron chi connectivity index (χ0n) is 14.4. The van der Waals surface area contributed by atoms with Crippen LogP contribution in [0.1, 0.15) is 17.2 Å². The molecule has 1 aliphatic heterocycles. The maximum absolute atomic E-state index is 12.8. The van der Waals surface area contributed by atoms with Gasteiger partial charge in [0.15, 0.2) is 0 Å². The summed E-state index contributed by atoms with van der Waals surface area (Å²) in [6.07, 6.45) is 2.59. The number of nitrogens with zero attached hydrogens (tertiary/aromatic N) is 1. The van der Waals surface area contributed by atoms with Crippen LogP contribution >= 0.6 is 11.3 Å². The summed E-state index contributed by atoms with van der Waals surface area (Å²) in [5, 5.41) is 2.02. The van der Waals surface area contributed by atoms with Gasteiger partial charge in [0.05, 0.1) is 0 Å². The molecule has 3 aromatic rings. The summed E-state index contributed by atoms with van der Waals surface area (Å²) >= 11 is 1.64. The fourth-order valence-corrected chi connectivity index (χ4v) is 3.90. The average Bonchev–Trinajstić information content (AvgIpc) is 3.37. The molecule has 1 aliphatic rings. The number of thiophene rings is 1. The highest BCUT2D eigenvalue weighted by Crippen LogP contribution is 2.30. The molecule has 1 unspecified atom stereocenters. The smallest absolute Gasteiger partial charge is 0.417 e. The van der Waals surface area contributed by atoms with Crippen molar-refractivity contribution in [2.75, 3.05) is 6.61 Å². The molecule has 4 rings (SSSR count). The lowest BCUT2D eigenvalue weighted by atomic mass is 10.0. The van der Waals surface area contributed by atoms with Crippen molar-refractivity contribution in [3.8, 4) is 10.4 Å². The number of benzene rings is 2. The van der Waals surface area contributed by atoms with Gasteiger partial charge in [0.2, 0.25) is 0 Å². The molecule has 1 saturated heterocycles. The van der Waals surface area contributed by atoms with E-state index in [1.807, 2.05) is 72.1 Å². The molecule has 134 valence electrons. The number of hydrogen-bond donors (Lipinski definition) is 0. The van der Waals surface area contributed by atoms with Crippen LogP contribution in [-0.4, -0.2) is 23.5 Å². The van der Waals surface area contributed by atoms with Crippen LogP contribution in [0.15, 0.2) is 78.2 Å². The first-order chi connectivity index (χ1) is 13.2. The summed E-state index contributed by atoms with van der Waals surface area (Å²) in [6.45, 7) is 0.175. The third-order valence-electron chi connectivity index (χ3n) is 4.45. The summed E-state index contributed by atoms with van der Waals surface area (Å²) in [7, 11) is 0. The summed E-state index contributed by atoms with van der Waals surface area (Å²) in [5.74, 6) is -0.382. The molecule has 4 nitrogen and oxygen atoms in total. The average molecular weight is 375 g/mol. The van der Waals surface area contributed by atoms with E-state index < -0.39 is 12.1 Å². The van der Waals surface area contributed by atoms with Gasteiger partial charge < -0.3 is 4.74 Å². The van der Waals surface area contributed by atoms with Gasteiger partial charge in [-0.3, -0.25) is 4.79 Å². The molecular formula is C22H17NO3S. The molecular weight excluding hydrogens is 358 g/mol. The van der Waals surface area contributed by atoms with Crippen LogP contribution in [-0.2, 0) is 9.53 Å². The summed E-state index contributed by atoms with van der Waals surface area (Å²) in [5.41, 5.74) is 2.86. The zero-order chi connectivity index (χ0) is 18.6. The number of carbonyl (C=O) groups is 2. The number of carbonyl (C=O) groups excluding carboxylic acids is 2. The van der Waals surface area contributed by atoms with Crippen molar-refractivity contribution in [1.29, 1.82) is 0 Å². The molecule has 0 spiro atoms. The predicted octanol–water partition coefficient (Wildman–Crippen LogP) is 5.15. The summed E-state index contributed by atoms with van der Waals surface area (Å²) in [6, 6.07) is 21.0. The van der Waals surface area contributed by atoms with Gasteiger partial charge in [-0.25, -0.2) is 9.69 Å². The van der Waals surface area contributed by atoms with Crippen molar-refractivity contribution in [1.82, 2.24) is 4.90 Å². The van der Waals surface area contributed by atoms with Crippen LogP contribution in [0.25, 0.3) is 16.5 Å². The van der Waals surface area contributed by atoms with E-state index in [0.29, 0.717) is 0 Å². The van der Waals surface area contributed by atoms with Gasteiger partial charge in [0.25, 0.3) is 5.91 Å². The molecule has 1 atom stereocenters. The second-order valence-electron chi connectivity index (χ2n) is 6.11. The highest BCUT2D eigenvalue weighted by molar-refractivity contribution is 7.13. The topological polar surface area (TPSA) is 46.6 Å². The highest BCUT2D eigenvalue weighted by atomic mass is 32.1. The van der Waals surface area contributed by atoms with E-state index >= 15 is 0 Å². The number of amides is 2. The molecule has 0 N–H and O–H groups in total. The van der Waals surface area contributed by atoms with E-state index in [1.54, 1.807) is 17.4 Å². The number of cyclic esters (lactones) is 1. The second-order valence-corrected chi connectivity index (χ2v) is 7.06. The standard InChI is InChI=1S/C22H17NO3S/c24-21(23-19(15-26-22(23)25)17-8-2-1-3-9-17)13-12-16-7-4-5-10-18(16)20-11-6-14-27-20/h1-14,19H,15H2. The Hall–Kier alpha value is -3.18. The van der Waals surface area contributed by atoms with Gasteiger partial charge in [0.1, 0.15) is 12.6 Å². The van der Waals surface area contributed by atoms with Gasteiger partial charge in [-0.05, 0) is 34.2 Å². The Morgan fingerprint density at radius 1 is 1.04 bits per heavy atom. The van der Waals surface area contributed by atoms with Gasteiger partial charge >= 0.3 is 6.09 Å².